The van der Waals surface area contributed by atoms with Crippen LogP contribution in [-0.4, -0.2) is 24.4 Å². The zero-order valence-corrected chi connectivity index (χ0v) is 15.4. The van der Waals surface area contributed by atoms with E-state index in [1.54, 1.807) is 5.57 Å². The second-order valence-electron chi connectivity index (χ2n) is 8.19. The van der Waals surface area contributed by atoms with Crippen molar-refractivity contribution >= 4 is 0 Å². The summed E-state index contributed by atoms with van der Waals surface area (Å²) in [5.41, 5.74) is 1.55. The van der Waals surface area contributed by atoms with Crippen LogP contribution in [0, 0.1) is 11.8 Å². The van der Waals surface area contributed by atoms with Gasteiger partial charge in [-0.2, -0.15) is 13.2 Å². The van der Waals surface area contributed by atoms with Gasteiger partial charge in [-0.25, -0.2) is 0 Å². The monoisotopic (exact) mass is 358 g/mol. The summed E-state index contributed by atoms with van der Waals surface area (Å²) in [6, 6.07) is -0.0238. The molecule has 0 aromatic carbocycles. The fourth-order valence-electron chi connectivity index (χ4n) is 5.23. The smallest absolute Gasteiger partial charge is 0.290 e. The third-order valence-electron chi connectivity index (χ3n) is 6.62. The fourth-order valence-corrected chi connectivity index (χ4v) is 5.23. The Morgan fingerprint density at radius 2 is 1.84 bits per heavy atom. The zero-order valence-electron chi connectivity index (χ0n) is 15.4. The first-order valence-corrected chi connectivity index (χ1v) is 10.3. The Bertz CT molecular complexity index is 460. The number of hydrogen-bond donors (Lipinski definition) is 2. The minimum Gasteiger partial charge on any atom is -0.290 e. The Labute approximate surface area is 150 Å². The standard InChI is InChI=1S/C20H33F3N2/c1-2-14-8-5-3-4-6-9-15(13-12-14)16-10-7-11-17-18(16)25-19(24-17)20(21,22)23/h8,15-19,24-25H,2-7,9-13H2,1H3/b14-8-. The molecule has 144 valence electrons. The van der Waals surface area contributed by atoms with Crippen molar-refractivity contribution in [2.75, 3.05) is 0 Å². The van der Waals surface area contributed by atoms with E-state index in [0.717, 1.165) is 38.5 Å². The highest BCUT2D eigenvalue weighted by atomic mass is 19.4. The zero-order chi connectivity index (χ0) is 17.9. The molecule has 25 heavy (non-hydrogen) atoms. The number of allylic oxidation sites excluding steroid dienone is 2. The molecule has 0 aromatic heterocycles. The van der Waals surface area contributed by atoms with E-state index in [1.165, 1.54) is 32.1 Å². The fraction of sp³-hybridized carbons (Fsp3) is 0.900. The minimum atomic E-state index is -4.20. The van der Waals surface area contributed by atoms with Gasteiger partial charge in [0.25, 0.3) is 0 Å². The maximum Gasteiger partial charge on any atom is 0.417 e. The molecule has 5 atom stereocenters. The largest absolute Gasteiger partial charge is 0.417 e. The van der Waals surface area contributed by atoms with E-state index in [1.807, 2.05) is 0 Å². The predicted molar refractivity (Wildman–Crippen MR) is 95.2 cm³/mol. The lowest BCUT2D eigenvalue weighted by atomic mass is 9.71. The minimum absolute atomic E-state index is 0.0117. The molecule has 1 aliphatic heterocycles. The van der Waals surface area contributed by atoms with Gasteiger partial charge in [-0.3, -0.25) is 10.6 Å². The molecule has 2 N–H and O–H groups in total. The second kappa shape index (κ2) is 8.43. The number of rotatable bonds is 2. The quantitative estimate of drug-likeness (QED) is 0.654. The molecule has 2 fully saturated rings. The second-order valence-corrected chi connectivity index (χ2v) is 8.19. The van der Waals surface area contributed by atoms with Crippen LogP contribution in [0.15, 0.2) is 11.6 Å². The first-order valence-electron chi connectivity index (χ1n) is 10.3. The average molecular weight is 358 g/mol. The molecule has 1 heterocycles. The molecule has 0 aromatic rings. The van der Waals surface area contributed by atoms with Gasteiger partial charge in [0, 0.05) is 12.1 Å². The summed E-state index contributed by atoms with van der Waals surface area (Å²) in [7, 11) is 0. The van der Waals surface area contributed by atoms with Crippen LogP contribution >= 0.6 is 0 Å². The van der Waals surface area contributed by atoms with Gasteiger partial charge in [0.05, 0.1) is 0 Å². The summed E-state index contributed by atoms with van der Waals surface area (Å²) in [5.74, 6) is 0.943. The molecular weight excluding hydrogens is 325 g/mol. The summed E-state index contributed by atoms with van der Waals surface area (Å²) in [4.78, 5) is 0. The third kappa shape index (κ3) is 4.79. The van der Waals surface area contributed by atoms with Crippen molar-refractivity contribution in [3.63, 3.8) is 0 Å². The summed E-state index contributed by atoms with van der Waals surface area (Å²) in [6.07, 6.45) is 9.20. The SMILES string of the molecule is CC/C1=C/CCCCCC(C2CCCC3NC(C(F)(F)F)NC32)CC1. The lowest BCUT2D eigenvalue weighted by Crippen LogP contribution is -2.48. The number of fused-ring (bicyclic) bond motifs is 1. The van der Waals surface area contributed by atoms with E-state index in [4.69, 9.17) is 0 Å². The van der Waals surface area contributed by atoms with Crippen molar-refractivity contribution in [1.82, 2.24) is 10.6 Å². The van der Waals surface area contributed by atoms with E-state index < -0.39 is 12.3 Å². The Balaban J connectivity index is 1.69. The van der Waals surface area contributed by atoms with Gasteiger partial charge in [-0.15, -0.1) is 0 Å². The van der Waals surface area contributed by atoms with Crippen LogP contribution in [-0.2, 0) is 0 Å². The van der Waals surface area contributed by atoms with E-state index in [-0.39, 0.29) is 12.1 Å². The Kier molecular flexibility index (Phi) is 6.48. The number of nitrogens with one attached hydrogen (secondary N) is 2. The average Bonchev–Trinajstić information content (AvgIpc) is 3.04. The van der Waals surface area contributed by atoms with Crippen LogP contribution in [0.25, 0.3) is 0 Å². The molecule has 0 spiro atoms. The Hall–Kier alpha value is -0.550. The van der Waals surface area contributed by atoms with Gasteiger partial charge < -0.3 is 0 Å². The summed E-state index contributed by atoms with van der Waals surface area (Å²) in [6.45, 7) is 2.22. The van der Waals surface area contributed by atoms with Crippen LogP contribution in [0.4, 0.5) is 13.2 Å². The van der Waals surface area contributed by atoms with Crippen molar-refractivity contribution in [3.05, 3.63) is 11.6 Å². The third-order valence-corrected chi connectivity index (χ3v) is 6.62. The molecule has 2 aliphatic carbocycles. The van der Waals surface area contributed by atoms with Gasteiger partial charge >= 0.3 is 6.18 Å². The normalized spacial score (nSPS) is 40.2. The molecule has 1 saturated carbocycles. The molecule has 3 rings (SSSR count). The number of hydrogen-bond acceptors (Lipinski definition) is 2. The molecule has 0 radical (unpaired) electrons. The lowest BCUT2D eigenvalue weighted by Gasteiger charge is -2.39. The van der Waals surface area contributed by atoms with Gasteiger partial charge in [-0.1, -0.05) is 44.3 Å². The molecule has 0 bridgehead atoms. The Morgan fingerprint density at radius 1 is 1.00 bits per heavy atom. The van der Waals surface area contributed by atoms with E-state index in [2.05, 4.69) is 23.6 Å². The van der Waals surface area contributed by atoms with Gasteiger partial charge in [0.15, 0.2) is 6.17 Å². The molecule has 3 aliphatic rings. The van der Waals surface area contributed by atoms with Crippen molar-refractivity contribution in [3.8, 4) is 0 Å². The van der Waals surface area contributed by atoms with Gasteiger partial charge in [0.1, 0.15) is 0 Å². The molecule has 5 heteroatoms. The lowest BCUT2D eigenvalue weighted by molar-refractivity contribution is -0.158. The highest BCUT2D eigenvalue weighted by molar-refractivity contribution is 5.05. The summed E-state index contributed by atoms with van der Waals surface area (Å²) >= 11 is 0. The first-order chi connectivity index (χ1) is 12.0. The first kappa shape index (κ1) is 19.2. The number of halogens is 3. The summed E-state index contributed by atoms with van der Waals surface area (Å²) < 4.78 is 39.5. The van der Waals surface area contributed by atoms with E-state index >= 15 is 0 Å². The van der Waals surface area contributed by atoms with Crippen LogP contribution in [0.1, 0.15) is 77.6 Å². The van der Waals surface area contributed by atoms with E-state index in [0.29, 0.717) is 11.8 Å². The van der Waals surface area contributed by atoms with Crippen LogP contribution < -0.4 is 10.6 Å². The van der Waals surface area contributed by atoms with Gasteiger partial charge in [0.2, 0.25) is 0 Å². The predicted octanol–water partition coefficient (Wildman–Crippen LogP) is 5.30. The van der Waals surface area contributed by atoms with Crippen LogP contribution in [0.2, 0.25) is 0 Å². The summed E-state index contributed by atoms with van der Waals surface area (Å²) in [5, 5.41) is 5.74. The van der Waals surface area contributed by atoms with Crippen molar-refractivity contribution in [2.45, 2.75) is 102 Å². The molecule has 1 saturated heterocycles. The van der Waals surface area contributed by atoms with Crippen molar-refractivity contribution < 1.29 is 13.2 Å². The molecule has 2 nitrogen and oxygen atoms in total. The van der Waals surface area contributed by atoms with Crippen LogP contribution in [0.3, 0.4) is 0 Å². The maximum absolute atomic E-state index is 13.2. The van der Waals surface area contributed by atoms with Crippen molar-refractivity contribution in [1.29, 1.82) is 0 Å². The van der Waals surface area contributed by atoms with E-state index in [9.17, 15) is 13.2 Å². The molecular formula is C20H33F3N2. The maximum atomic E-state index is 13.2. The van der Waals surface area contributed by atoms with Gasteiger partial charge in [-0.05, 0) is 56.8 Å². The Morgan fingerprint density at radius 3 is 2.60 bits per heavy atom. The highest BCUT2D eigenvalue weighted by Crippen LogP contribution is 2.40. The highest BCUT2D eigenvalue weighted by Gasteiger charge is 2.51. The molecule has 5 unspecified atom stereocenters. The molecule has 0 amide bonds. The topological polar surface area (TPSA) is 24.1 Å². The van der Waals surface area contributed by atoms with Crippen LogP contribution in [0.5, 0.6) is 0 Å². The number of alkyl halides is 3. The van der Waals surface area contributed by atoms with Crippen molar-refractivity contribution in [2.24, 2.45) is 11.8 Å².